The van der Waals surface area contributed by atoms with Crippen molar-refractivity contribution in [1.82, 2.24) is 4.72 Å². The van der Waals surface area contributed by atoms with Gasteiger partial charge in [-0.05, 0) is 43.2 Å². The summed E-state index contributed by atoms with van der Waals surface area (Å²) >= 11 is 0. The predicted molar refractivity (Wildman–Crippen MR) is 99.3 cm³/mol. The summed E-state index contributed by atoms with van der Waals surface area (Å²) in [7, 11) is -3.69. The molecule has 2 aromatic rings. The maximum Gasteiger partial charge on any atom is 0.233 e. The highest BCUT2D eigenvalue weighted by molar-refractivity contribution is 7.92. The van der Waals surface area contributed by atoms with Crippen LogP contribution < -0.4 is 14.2 Å². The minimum atomic E-state index is -3.69. The van der Waals surface area contributed by atoms with E-state index in [-0.39, 0.29) is 13.3 Å². The topological polar surface area (TPSA) is 84.9 Å². The molecule has 26 heavy (non-hydrogen) atoms. The normalized spacial score (nSPS) is 16.0. The Balaban J connectivity index is 1.67. The quantitative estimate of drug-likeness (QED) is 0.810. The molecule has 2 N–H and O–H groups in total. The molecule has 3 rings (SSSR count). The number of hydrogen-bond acceptors (Lipinski definition) is 5. The fourth-order valence-corrected chi connectivity index (χ4v) is 3.38. The van der Waals surface area contributed by atoms with Crippen LogP contribution in [0.15, 0.2) is 47.9 Å². The average Bonchev–Trinajstić information content (AvgIpc) is 3.08. The monoisotopic (exact) mass is 375 g/mol. The van der Waals surface area contributed by atoms with Crippen molar-refractivity contribution in [3.63, 3.8) is 0 Å². The molecule has 1 unspecified atom stereocenters. The van der Waals surface area contributed by atoms with E-state index in [1.54, 1.807) is 18.2 Å². The van der Waals surface area contributed by atoms with Gasteiger partial charge in [0.25, 0.3) is 0 Å². The van der Waals surface area contributed by atoms with E-state index in [1.807, 2.05) is 31.2 Å². The lowest BCUT2D eigenvalue weighted by atomic mass is 9.96. The van der Waals surface area contributed by atoms with Gasteiger partial charge in [0.1, 0.15) is 5.60 Å². The number of aryl methyl sites for hydroxylation is 1. The molecule has 2 aromatic carbocycles. The van der Waals surface area contributed by atoms with Gasteiger partial charge >= 0.3 is 0 Å². The third-order valence-corrected chi connectivity index (χ3v) is 5.17. The highest BCUT2D eigenvalue weighted by Gasteiger charge is 2.27. The van der Waals surface area contributed by atoms with Crippen LogP contribution in [-0.2, 0) is 15.6 Å². The zero-order valence-corrected chi connectivity index (χ0v) is 15.4. The lowest BCUT2D eigenvalue weighted by molar-refractivity contribution is 0.0626. The molecule has 0 fully saturated rings. The SMILES string of the molecule is Cc1ccc(/C=C/S(=O)(=O)NCC(C)(O)c2ccc3c(c2)OCO3)cc1. The molecule has 1 aliphatic heterocycles. The Morgan fingerprint density at radius 1 is 1.15 bits per heavy atom. The second-order valence-electron chi connectivity index (χ2n) is 6.42. The molecule has 0 saturated heterocycles. The van der Waals surface area contributed by atoms with Crippen molar-refractivity contribution < 1.29 is 23.0 Å². The van der Waals surface area contributed by atoms with Gasteiger partial charge in [0.05, 0.1) is 0 Å². The molecule has 0 saturated carbocycles. The first-order chi connectivity index (χ1) is 12.3. The minimum absolute atomic E-state index is 0.136. The molecule has 138 valence electrons. The van der Waals surface area contributed by atoms with Gasteiger partial charge in [-0.1, -0.05) is 35.9 Å². The maximum atomic E-state index is 12.2. The van der Waals surface area contributed by atoms with E-state index in [2.05, 4.69) is 4.72 Å². The van der Waals surface area contributed by atoms with Crippen LogP contribution in [0.4, 0.5) is 0 Å². The van der Waals surface area contributed by atoms with Crippen LogP contribution in [0.25, 0.3) is 6.08 Å². The summed E-state index contributed by atoms with van der Waals surface area (Å²) in [5, 5.41) is 11.7. The Bertz CT molecular complexity index is 917. The number of sulfonamides is 1. The zero-order chi connectivity index (χ0) is 18.8. The lowest BCUT2D eigenvalue weighted by Crippen LogP contribution is -2.37. The fourth-order valence-electron chi connectivity index (χ4n) is 2.47. The number of aliphatic hydroxyl groups is 1. The molecule has 1 aliphatic rings. The van der Waals surface area contributed by atoms with Crippen molar-refractivity contribution in [2.24, 2.45) is 0 Å². The van der Waals surface area contributed by atoms with E-state index >= 15 is 0 Å². The molecule has 0 radical (unpaired) electrons. The number of rotatable bonds is 6. The summed E-state index contributed by atoms with van der Waals surface area (Å²) in [6.07, 6.45) is 1.51. The summed E-state index contributed by atoms with van der Waals surface area (Å²) in [4.78, 5) is 0. The highest BCUT2D eigenvalue weighted by Crippen LogP contribution is 2.35. The predicted octanol–water partition coefficient (Wildman–Crippen LogP) is 2.52. The first-order valence-electron chi connectivity index (χ1n) is 8.12. The van der Waals surface area contributed by atoms with E-state index in [0.29, 0.717) is 17.1 Å². The molecule has 1 atom stereocenters. The van der Waals surface area contributed by atoms with Crippen LogP contribution in [0.5, 0.6) is 11.5 Å². The van der Waals surface area contributed by atoms with Crippen molar-refractivity contribution in [2.45, 2.75) is 19.4 Å². The molecule has 7 heteroatoms. The molecule has 0 aliphatic carbocycles. The van der Waals surface area contributed by atoms with Crippen LogP contribution in [0.3, 0.4) is 0 Å². The summed E-state index contributed by atoms with van der Waals surface area (Å²) in [5.74, 6) is 1.14. The van der Waals surface area contributed by atoms with Gasteiger partial charge in [0.15, 0.2) is 11.5 Å². The van der Waals surface area contributed by atoms with E-state index in [0.717, 1.165) is 16.5 Å². The van der Waals surface area contributed by atoms with Gasteiger partial charge in [0, 0.05) is 12.0 Å². The van der Waals surface area contributed by atoms with Crippen molar-refractivity contribution in [1.29, 1.82) is 0 Å². The Hall–Kier alpha value is -2.35. The number of nitrogens with one attached hydrogen (secondary N) is 1. The van der Waals surface area contributed by atoms with E-state index in [4.69, 9.17) is 9.47 Å². The van der Waals surface area contributed by atoms with Crippen LogP contribution >= 0.6 is 0 Å². The Labute approximate surface area is 153 Å². The van der Waals surface area contributed by atoms with Crippen molar-refractivity contribution in [2.75, 3.05) is 13.3 Å². The highest BCUT2D eigenvalue weighted by atomic mass is 32.2. The second kappa shape index (κ2) is 7.11. The van der Waals surface area contributed by atoms with E-state index in [9.17, 15) is 13.5 Å². The first-order valence-corrected chi connectivity index (χ1v) is 9.67. The van der Waals surface area contributed by atoms with Crippen molar-refractivity contribution in [3.05, 3.63) is 64.6 Å². The molecular weight excluding hydrogens is 354 g/mol. The van der Waals surface area contributed by atoms with Crippen LogP contribution in [0, 0.1) is 6.92 Å². The maximum absolute atomic E-state index is 12.2. The van der Waals surface area contributed by atoms with Gasteiger partial charge in [-0.2, -0.15) is 0 Å². The molecule has 0 spiro atoms. The average molecular weight is 375 g/mol. The van der Waals surface area contributed by atoms with E-state index < -0.39 is 15.6 Å². The largest absolute Gasteiger partial charge is 0.454 e. The zero-order valence-electron chi connectivity index (χ0n) is 14.6. The van der Waals surface area contributed by atoms with Crippen molar-refractivity contribution >= 4 is 16.1 Å². The lowest BCUT2D eigenvalue weighted by Gasteiger charge is -2.24. The Morgan fingerprint density at radius 2 is 1.85 bits per heavy atom. The molecule has 6 nitrogen and oxygen atoms in total. The van der Waals surface area contributed by atoms with Crippen LogP contribution in [-0.4, -0.2) is 26.9 Å². The Kier molecular flexibility index (Phi) is 5.04. The first kappa shape index (κ1) is 18.4. The number of hydrogen-bond donors (Lipinski definition) is 2. The van der Waals surface area contributed by atoms with Gasteiger partial charge in [-0.25, -0.2) is 13.1 Å². The fraction of sp³-hybridized carbons (Fsp3) is 0.263. The summed E-state index contributed by atoms with van der Waals surface area (Å²) in [6, 6.07) is 12.5. The smallest absolute Gasteiger partial charge is 0.233 e. The summed E-state index contributed by atoms with van der Waals surface area (Å²) in [5.41, 5.74) is 1.02. The molecule has 0 amide bonds. The van der Waals surface area contributed by atoms with Crippen molar-refractivity contribution in [3.8, 4) is 11.5 Å². The molecule has 0 bridgehead atoms. The number of fused-ring (bicyclic) bond motifs is 1. The molecule has 0 aromatic heterocycles. The van der Waals surface area contributed by atoms with Gasteiger partial charge in [0.2, 0.25) is 16.8 Å². The van der Waals surface area contributed by atoms with Gasteiger partial charge in [-0.15, -0.1) is 0 Å². The van der Waals surface area contributed by atoms with Crippen LogP contribution in [0.1, 0.15) is 23.6 Å². The number of benzene rings is 2. The van der Waals surface area contributed by atoms with Crippen LogP contribution in [0.2, 0.25) is 0 Å². The standard InChI is InChI=1S/C19H21NO5S/c1-14-3-5-15(6-4-14)9-10-26(22,23)20-12-19(2,21)16-7-8-17-18(11-16)25-13-24-17/h3-11,20-21H,12-13H2,1-2H3/b10-9+. The second-order valence-corrected chi connectivity index (χ2v) is 8.07. The summed E-state index contributed by atoms with van der Waals surface area (Å²) < 4.78 is 37.3. The van der Waals surface area contributed by atoms with Gasteiger partial charge < -0.3 is 14.6 Å². The third-order valence-electron chi connectivity index (χ3n) is 4.13. The Morgan fingerprint density at radius 3 is 2.58 bits per heavy atom. The minimum Gasteiger partial charge on any atom is -0.454 e. The summed E-state index contributed by atoms with van der Waals surface area (Å²) in [6.45, 7) is 3.46. The van der Waals surface area contributed by atoms with Gasteiger partial charge in [-0.3, -0.25) is 0 Å². The number of ether oxygens (including phenoxy) is 2. The molecular formula is C19H21NO5S. The van der Waals surface area contributed by atoms with E-state index in [1.165, 1.54) is 13.0 Å². The molecule has 1 heterocycles. The third kappa shape index (κ3) is 4.43.